The fourth-order valence-electron chi connectivity index (χ4n) is 2.51. The summed E-state index contributed by atoms with van der Waals surface area (Å²) in [5, 5.41) is 10.9. The first-order valence-electron chi connectivity index (χ1n) is 10.7. The van der Waals surface area contributed by atoms with E-state index in [1.807, 2.05) is 13.8 Å². The molecule has 2 N–H and O–H groups in total. The molecule has 17 heteroatoms. The van der Waals surface area contributed by atoms with Gasteiger partial charge in [-0.15, -0.1) is 0 Å². The van der Waals surface area contributed by atoms with Gasteiger partial charge in [-0.3, -0.25) is 0 Å². The van der Waals surface area contributed by atoms with Crippen LogP contribution in [0.4, 0.5) is 32.2 Å². The van der Waals surface area contributed by atoms with Crippen LogP contribution in [-0.2, 0) is 20.2 Å². The molecule has 0 aromatic carbocycles. The van der Waals surface area contributed by atoms with Crippen LogP contribution in [0.2, 0.25) is 0 Å². The van der Waals surface area contributed by atoms with Crippen LogP contribution in [0, 0.1) is 11.3 Å². The number of pyridine rings is 1. The molecular formula is C19H29F6N3O6S2. The Kier molecular flexibility index (Phi) is 12.0. The third-order valence-electron chi connectivity index (χ3n) is 4.24. The molecule has 9 nitrogen and oxygen atoms in total. The lowest BCUT2D eigenvalue weighted by Crippen LogP contribution is -2.30. The second-order valence-electron chi connectivity index (χ2n) is 7.26. The van der Waals surface area contributed by atoms with Gasteiger partial charge in [0.2, 0.25) is 5.88 Å². The summed E-state index contributed by atoms with van der Waals surface area (Å²) in [6.07, 6.45) is 1.41. The van der Waals surface area contributed by atoms with Crippen LogP contribution in [0.5, 0.6) is 11.6 Å². The largest absolute Gasteiger partial charge is 0.534 e. The summed E-state index contributed by atoms with van der Waals surface area (Å²) >= 11 is 0. The molecule has 0 amide bonds. The van der Waals surface area contributed by atoms with Gasteiger partial charge < -0.3 is 19.1 Å². The Hall–Kier alpha value is -2.30. The lowest BCUT2D eigenvalue weighted by atomic mass is 9.99. The molecule has 0 spiro atoms. The first-order valence-corrected chi connectivity index (χ1v) is 13.5. The molecule has 0 aliphatic rings. The van der Waals surface area contributed by atoms with Gasteiger partial charge in [-0.1, -0.05) is 48.0 Å². The van der Waals surface area contributed by atoms with E-state index in [0.29, 0.717) is 19.3 Å². The molecule has 1 unspecified atom stereocenters. The van der Waals surface area contributed by atoms with Crippen molar-refractivity contribution in [3.63, 3.8) is 0 Å². The topological polar surface area (TPSA) is 136 Å². The highest BCUT2D eigenvalue weighted by Crippen LogP contribution is 2.37. The molecule has 210 valence electrons. The van der Waals surface area contributed by atoms with E-state index in [2.05, 4.69) is 18.7 Å². The summed E-state index contributed by atoms with van der Waals surface area (Å²) in [4.78, 5) is 3.59. The van der Waals surface area contributed by atoms with Crippen molar-refractivity contribution in [1.29, 1.82) is 5.41 Å². The zero-order chi connectivity index (χ0) is 28.7. The maximum absolute atomic E-state index is 12.9. The third kappa shape index (κ3) is 8.67. The van der Waals surface area contributed by atoms with Gasteiger partial charge in [0.15, 0.2) is 5.75 Å². The average Bonchev–Trinajstić information content (AvgIpc) is 2.72. The molecule has 1 rings (SSSR count). The molecule has 0 fully saturated rings. The minimum Gasteiger partial charge on any atom is -0.375 e. The minimum atomic E-state index is -6.36. The third-order valence-corrected chi connectivity index (χ3v) is 6.16. The van der Waals surface area contributed by atoms with Crippen LogP contribution < -0.4 is 13.7 Å². The number of hydrogen-bond acceptors (Lipinski definition) is 9. The average molecular weight is 574 g/mol. The van der Waals surface area contributed by atoms with E-state index < -0.39 is 71.9 Å². The fourth-order valence-corrected chi connectivity index (χ4v) is 3.37. The molecule has 0 saturated carbocycles. The molecule has 1 heterocycles. The van der Waals surface area contributed by atoms with Gasteiger partial charge in [0.25, 0.3) is 0 Å². The molecule has 0 aliphatic heterocycles. The molecule has 1 aromatic heterocycles. The predicted molar refractivity (Wildman–Crippen MR) is 121 cm³/mol. The van der Waals surface area contributed by atoms with Gasteiger partial charge in [0, 0.05) is 17.8 Å². The number of halogens is 6. The Morgan fingerprint density at radius 1 is 1.00 bits per heavy atom. The van der Waals surface area contributed by atoms with E-state index >= 15 is 0 Å². The maximum atomic E-state index is 12.9. The molecule has 0 saturated heterocycles. The number of nitrogens with one attached hydrogen (secondary N) is 2. The van der Waals surface area contributed by atoms with Gasteiger partial charge in [0.05, 0.1) is 5.56 Å². The van der Waals surface area contributed by atoms with Gasteiger partial charge in [-0.2, -0.15) is 48.2 Å². The van der Waals surface area contributed by atoms with E-state index in [1.54, 1.807) is 13.8 Å². The second kappa shape index (κ2) is 12.8. The van der Waals surface area contributed by atoms with E-state index in [4.69, 9.17) is 5.41 Å². The summed E-state index contributed by atoms with van der Waals surface area (Å²) < 4.78 is 131. The van der Waals surface area contributed by atoms with Crippen LogP contribution in [0.15, 0.2) is 6.07 Å². The Labute approximate surface area is 206 Å². The monoisotopic (exact) mass is 573 g/mol. The lowest BCUT2D eigenvalue weighted by molar-refractivity contribution is -0.0503. The smallest absolute Gasteiger partial charge is 0.375 e. The standard InChI is InChI=1S/C17H23F6N3O6S2.C2H6/c1-5-7-10(6-2)25-15-13(14(24)9(3)4)11(31-33(27,28)16(18,19)20)8-12(26-15)32-34(29,30)17(21,22)23;1-2/h8-10,24H,5-7H2,1-4H3,(H,25,26);1-2H3. The van der Waals surface area contributed by atoms with Crippen molar-refractivity contribution in [2.24, 2.45) is 5.92 Å². The molecule has 36 heavy (non-hydrogen) atoms. The summed E-state index contributed by atoms with van der Waals surface area (Å²) in [7, 11) is -12.7. The van der Waals surface area contributed by atoms with E-state index in [-0.39, 0.29) is 6.07 Å². The van der Waals surface area contributed by atoms with Crippen LogP contribution in [0.25, 0.3) is 0 Å². The van der Waals surface area contributed by atoms with Crippen molar-refractivity contribution in [2.75, 3.05) is 5.32 Å². The Morgan fingerprint density at radius 3 is 1.86 bits per heavy atom. The number of aromatic nitrogens is 1. The van der Waals surface area contributed by atoms with Crippen LogP contribution in [0.1, 0.15) is 66.4 Å². The lowest BCUT2D eigenvalue weighted by Gasteiger charge is -2.23. The quantitative estimate of drug-likeness (QED) is 0.152. The highest BCUT2D eigenvalue weighted by atomic mass is 32.2. The number of nitrogens with zero attached hydrogens (tertiary/aromatic N) is 1. The number of anilines is 1. The Bertz CT molecular complexity index is 1100. The Morgan fingerprint density at radius 2 is 1.47 bits per heavy atom. The Balaban J connectivity index is 0.00000596. The van der Waals surface area contributed by atoms with E-state index in [0.717, 1.165) is 0 Å². The second-order valence-corrected chi connectivity index (χ2v) is 10.3. The van der Waals surface area contributed by atoms with Crippen LogP contribution in [0.3, 0.4) is 0 Å². The van der Waals surface area contributed by atoms with E-state index in [1.165, 1.54) is 13.8 Å². The molecule has 0 aliphatic carbocycles. The maximum Gasteiger partial charge on any atom is 0.534 e. The molecular weight excluding hydrogens is 544 g/mol. The number of alkyl halides is 6. The number of hydrogen-bond donors (Lipinski definition) is 2. The molecule has 1 atom stereocenters. The predicted octanol–water partition coefficient (Wildman–Crippen LogP) is 5.58. The SMILES string of the molecule is CC.CCCC(CC)Nc1nc(OS(=O)(=O)C(F)(F)F)cc(OS(=O)(=O)C(F)(F)F)c1C(=N)C(C)C. The summed E-state index contributed by atoms with van der Waals surface area (Å²) in [6, 6.07) is -0.345. The van der Waals surface area contributed by atoms with Crippen LogP contribution in [-0.4, -0.2) is 44.6 Å². The van der Waals surface area contributed by atoms with Gasteiger partial charge in [0.1, 0.15) is 5.82 Å². The molecule has 0 radical (unpaired) electrons. The fraction of sp³-hybridized carbons (Fsp3) is 0.684. The number of rotatable bonds is 11. The zero-order valence-corrected chi connectivity index (χ0v) is 22.0. The van der Waals surface area contributed by atoms with Crippen molar-refractivity contribution in [2.45, 2.75) is 77.9 Å². The molecule has 1 aromatic rings. The van der Waals surface area contributed by atoms with Gasteiger partial charge in [-0.05, 0) is 18.8 Å². The van der Waals surface area contributed by atoms with E-state index in [9.17, 15) is 43.2 Å². The molecule has 0 bridgehead atoms. The van der Waals surface area contributed by atoms with Crippen molar-refractivity contribution in [1.82, 2.24) is 4.98 Å². The van der Waals surface area contributed by atoms with Crippen molar-refractivity contribution < 1.29 is 51.5 Å². The summed E-state index contributed by atoms with van der Waals surface area (Å²) in [5.41, 5.74) is -13.0. The minimum absolute atomic E-state index is 0.130. The summed E-state index contributed by atoms with van der Waals surface area (Å²) in [6.45, 7) is 10.3. The first-order chi connectivity index (χ1) is 16.3. The van der Waals surface area contributed by atoms with Gasteiger partial charge >= 0.3 is 31.3 Å². The highest BCUT2D eigenvalue weighted by molar-refractivity contribution is 7.88. The highest BCUT2D eigenvalue weighted by Gasteiger charge is 2.50. The van der Waals surface area contributed by atoms with Crippen molar-refractivity contribution in [3.8, 4) is 11.6 Å². The first kappa shape index (κ1) is 33.7. The summed E-state index contributed by atoms with van der Waals surface area (Å²) in [5.74, 6) is -4.03. The van der Waals surface area contributed by atoms with Crippen molar-refractivity contribution >= 4 is 31.8 Å². The van der Waals surface area contributed by atoms with Gasteiger partial charge in [-0.25, -0.2) is 0 Å². The van der Waals surface area contributed by atoms with Crippen molar-refractivity contribution in [3.05, 3.63) is 11.6 Å². The normalized spacial score (nSPS) is 13.5. The van der Waals surface area contributed by atoms with Crippen LogP contribution >= 0.6 is 0 Å². The zero-order valence-electron chi connectivity index (χ0n) is 20.3.